The van der Waals surface area contributed by atoms with E-state index in [1.165, 1.54) is 5.56 Å². The van der Waals surface area contributed by atoms with Crippen molar-refractivity contribution in [2.45, 2.75) is 52.6 Å². The molecule has 0 saturated heterocycles. The molecule has 0 bridgehead atoms. The summed E-state index contributed by atoms with van der Waals surface area (Å²) >= 11 is 0. The van der Waals surface area contributed by atoms with Crippen LogP contribution in [0.15, 0.2) is 12.4 Å². The fraction of sp³-hybridized carbons (Fsp3) is 0.600. The number of aromatic nitrogens is 5. The van der Waals surface area contributed by atoms with Crippen molar-refractivity contribution in [1.82, 2.24) is 30.3 Å². The van der Waals surface area contributed by atoms with Gasteiger partial charge in [-0.25, -0.2) is 9.67 Å². The van der Waals surface area contributed by atoms with E-state index in [2.05, 4.69) is 52.4 Å². The number of nitrogens with one attached hydrogen (secondary N) is 1. The molecule has 6 nitrogen and oxygen atoms in total. The first-order valence-electron chi connectivity index (χ1n) is 7.45. The quantitative estimate of drug-likeness (QED) is 0.880. The summed E-state index contributed by atoms with van der Waals surface area (Å²) in [6.45, 7) is 8.30. The summed E-state index contributed by atoms with van der Waals surface area (Å²) in [7, 11) is 1.97. The summed E-state index contributed by atoms with van der Waals surface area (Å²) in [5.41, 5.74) is 3.18. The van der Waals surface area contributed by atoms with Crippen molar-refractivity contribution >= 4 is 0 Å². The highest BCUT2D eigenvalue weighted by Crippen LogP contribution is 2.21. The molecule has 1 atom stereocenters. The zero-order valence-electron chi connectivity index (χ0n) is 13.5. The summed E-state index contributed by atoms with van der Waals surface area (Å²) in [6, 6.07) is 2.59. The molecule has 0 fully saturated rings. The molecule has 21 heavy (non-hydrogen) atoms. The Kier molecular flexibility index (Phi) is 5.01. The van der Waals surface area contributed by atoms with E-state index in [0.29, 0.717) is 6.04 Å². The molecule has 2 rings (SSSR count). The molecule has 1 unspecified atom stereocenters. The van der Waals surface area contributed by atoms with Crippen molar-refractivity contribution in [3.8, 4) is 0 Å². The number of hydrogen-bond donors (Lipinski definition) is 1. The van der Waals surface area contributed by atoms with Gasteiger partial charge in [-0.3, -0.25) is 0 Å². The zero-order chi connectivity index (χ0) is 15.4. The Balaban J connectivity index is 2.32. The molecule has 1 N–H and O–H groups in total. The van der Waals surface area contributed by atoms with Gasteiger partial charge >= 0.3 is 0 Å². The molecule has 0 saturated carbocycles. The Labute approximate surface area is 126 Å². The molecule has 2 aromatic rings. The Morgan fingerprint density at radius 3 is 2.67 bits per heavy atom. The molecular weight excluding hydrogens is 264 g/mol. The largest absolute Gasteiger partial charge is 0.313 e. The van der Waals surface area contributed by atoms with Gasteiger partial charge in [0, 0.05) is 18.5 Å². The molecule has 114 valence electrons. The summed E-state index contributed by atoms with van der Waals surface area (Å²) in [6.07, 6.45) is 3.28. The molecule has 0 amide bonds. The lowest BCUT2D eigenvalue weighted by molar-refractivity contribution is 0.475. The highest BCUT2D eigenvalue weighted by molar-refractivity contribution is 5.25. The summed E-state index contributed by atoms with van der Waals surface area (Å²) in [5, 5.41) is 16.2. The van der Waals surface area contributed by atoms with Gasteiger partial charge in [-0.15, -0.1) is 0 Å². The average Bonchev–Trinajstić information content (AvgIpc) is 2.93. The highest BCUT2D eigenvalue weighted by atomic mass is 15.3. The first-order valence-corrected chi connectivity index (χ1v) is 7.45. The summed E-state index contributed by atoms with van der Waals surface area (Å²) in [5.74, 6) is 0.987. The molecule has 0 aliphatic rings. The van der Waals surface area contributed by atoms with E-state index in [4.69, 9.17) is 0 Å². The number of nitrogens with zero attached hydrogens (tertiary/aromatic N) is 5. The van der Waals surface area contributed by atoms with Crippen molar-refractivity contribution in [2.75, 3.05) is 7.05 Å². The molecule has 0 aromatic carbocycles. The number of likely N-dealkylation sites (N-methyl/N-ethyl adjacent to an activating group) is 1. The minimum atomic E-state index is 0.163. The highest BCUT2D eigenvalue weighted by Gasteiger charge is 2.19. The number of rotatable bonds is 6. The smallest absolute Gasteiger partial charge is 0.138 e. The monoisotopic (exact) mass is 288 g/mol. The lowest BCUT2D eigenvalue weighted by atomic mass is 10.00. The van der Waals surface area contributed by atoms with Crippen molar-refractivity contribution in [3.05, 3.63) is 35.2 Å². The third-order valence-corrected chi connectivity index (χ3v) is 3.61. The van der Waals surface area contributed by atoms with Gasteiger partial charge in [0.05, 0.1) is 11.4 Å². The third kappa shape index (κ3) is 3.44. The Morgan fingerprint density at radius 1 is 1.29 bits per heavy atom. The summed E-state index contributed by atoms with van der Waals surface area (Å²) < 4.78 is 1.97. The first kappa shape index (κ1) is 15.6. The van der Waals surface area contributed by atoms with Crippen molar-refractivity contribution in [3.63, 3.8) is 0 Å². The second-order valence-electron chi connectivity index (χ2n) is 5.50. The maximum atomic E-state index is 4.40. The van der Waals surface area contributed by atoms with Crippen LogP contribution in [0.2, 0.25) is 0 Å². The lowest BCUT2D eigenvalue weighted by Crippen LogP contribution is -2.23. The Hall–Kier alpha value is -1.82. The van der Waals surface area contributed by atoms with Crippen LogP contribution in [0, 0.1) is 6.92 Å². The fourth-order valence-corrected chi connectivity index (χ4v) is 2.51. The van der Waals surface area contributed by atoms with Crippen LogP contribution in [0.5, 0.6) is 0 Å². The minimum Gasteiger partial charge on any atom is -0.313 e. The normalized spacial score (nSPS) is 12.9. The van der Waals surface area contributed by atoms with Crippen LogP contribution in [-0.4, -0.2) is 32.0 Å². The van der Waals surface area contributed by atoms with Crippen LogP contribution in [0.1, 0.15) is 55.6 Å². The van der Waals surface area contributed by atoms with E-state index in [1.54, 1.807) is 6.33 Å². The lowest BCUT2D eigenvalue weighted by Gasteiger charge is -2.20. The van der Waals surface area contributed by atoms with Gasteiger partial charge in [0.1, 0.15) is 12.2 Å². The van der Waals surface area contributed by atoms with Crippen LogP contribution in [-0.2, 0) is 12.8 Å². The second-order valence-corrected chi connectivity index (χ2v) is 5.50. The Bertz CT molecular complexity index is 590. The van der Waals surface area contributed by atoms with Crippen LogP contribution < -0.4 is 5.32 Å². The first-order chi connectivity index (χ1) is 10.1. The molecular formula is C15H24N6. The molecule has 0 aliphatic heterocycles. The predicted molar refractivity (Wildman–Crippen MR) is 82.1 cm³/mol. The van der Waals surface area contributed by atoms with Gasteiger partial charge in [-0.05, 0) is 45.9 Å². The Morgan fingerprint density at radius 2 is 2.05 bits per heavy atom. The van der Waals surface area contributed by atoms with E-state index < -0.39 is 0 Å². The van der Waals surface area contributed by atoms with Gasteiger partial charge in [-0.2, -0.15) is 15.3 Å². The SMILES string of the molecule is CCc1nnc(C)cc1C(Cc1ncnn1C(C)C)NC. The van der Waals surface area contributed by atoms with Gasteiger partial charge < -0.3 is 5.32 Å². The van der Waals surface area contributed by atoms with Crippen molar-refractivity contribution in [2.24, 2.45) is 0 Å². The average molecular weight is 288 g/mol. The second kappa shape index (κ2) is 6.76. The van der Waals surface area contributed by atoms with Crippen LogP contribution in [0.3, 0.4) is 0 Å². The van der Waals surface area contributed by atoms with E-state index in [-0.39, 0.29) is 6.04 Å². The molecule has 0 aliphatic carbocycles. The molecule has 6 heteroatoms. The van der Waals surface area contributed by atoms with Crippen LogP contribution >= 0.6 is 0 Å². The van der Waals surface area contributed by atoms with Gasteiger partial charge in [0.15, 0.2) is 0 Å². The van der Waals surface area contributed by atoms with E-state index in [9.17, 15) is 0 Å². The standard InChI is InChI=1S/C15H24N6/c1-6-13-12(7-11(4)19-20-13)14(16-5)8-15-17-9-18-21(15)10(2)3/h7,9-10,14,16H,6,8H2,1-5H3. The molecule has 2 aromatic heterocycles. The third-order valence-electron chi connectivity index (χ3n) is 3.61. The zero-order valence-corrected chi connectivity index (χ0v) is 13.5. The van der Waals surface area contributed by atoms with E-state index in [0.717, 1.165) is 30.1 Å². The van der Waals surface area contributed by atoms with E-state index >= 15 is 0 Å². The minimum absolute atomic E-state index is 0.163. The molecule has 2 heterocycles. The predicted octanol–water partition coefficient (Wildman–Crippen LogP) is 2.02. The fourth-order valence-electron chi connectivity index (χ4n) is 2.51. The number of hydrogen-bond acceptors (Lipinski definition) is 5. The van der Waals surface area contributed by atoms with Crippen molar-refractivity contribution < 1.29 is 0 Å². The molecule has 0 radical (unpaired) electrons. The topological polar surface area (TPSA) is 68.5 Å². The van der Waals surface area contributed by atoms with Crippen LogP contribution in [0.4, 0.5) is 0 Å². The number of aryl methyl sites for hydroxylation is 2. The van der Waals surface area contributed by atoms with Gasteiger partial charge in [-0.1, -0.05) is 6.92 Å². The van der Waals surface area contributed by atoms with Crippen molar-refractivity contribution in [1.29, 1.82) is 0 Å². The van der Waals surface area contributed by atoms with Gasteiger partial charge in [0.25, 0.3) is 0 Å². The van der Waals surface area contributed by atoms with E-state index in [1.807, 2.05) is 18.7 Å². The van der Waals surface area contributed by atoms with Gasteiger partial charge in [0.2, 0.25) is 0 Å². The maximum absolute atomic E-state index is 4.40. The van der Waals surface area contributed by atoms with Crippen LogP contribution in [0.25, 0.3) is 0 Å². The maximum Gasteiger partial charge on any atom is 0.138 e. The summed E-state index contributed by atoms with van der Waals surface area (Å²) in [4.78, 5) is 4.40. The molecule has 0 spiro atoms.